The average Bonchev–Trinajstić information content (AvgIpc) is 1.61. The van der Waals surface area contributed by atoms with E-state index < -0.39 is 11.9 Å². The first-order valence-electron chi connectivity index (χ1n) is 2.06. The van der Waals surface area contributed by atoms with Crippen LogP contribution < -0.4 is 0 Å². The summed E-state index contributed by atoms with van der Waals surface area (Å²) in [5, 5.41) is 15.8. The van der Waals surface area contributed by atoms with E-state index >= 15 is 0 Å². The molecule has 0 radical (unpaired) electrons. The summed E-state index contributed by atoms with van der Waals surface area (Å²) in [7, 11) is 0. The van der Waals surface area contributed by atoms with Crippen molar-refractivity contribution in [2.75, 3.05) is 0 Å². The molecule has 0 rings (SSSR count). The van der Waals surface area contributed by atoms with E-state index in [0.29, 0.717) is 0 Å². The van der Waals surface area contributed by atoms with Gasteiger partial charge in [-0.15, -0.1) is 0 Å². The second-order valence-electron chi connectivity index (χ2n) is 1.29. The summed E-state index contributed by atoms with van der Waals surface area (Å²) >= 11 is 0. The third-order valence-electron chi connectivity index (χ3n) is 0.553. The summed E-state index contributed by atoms with van der Waals surface area (Å²) in [6.07, 6.45) is -0.593. The fraction of sp³-hybridized carbons (Fsp3) is 0.500. The van der Waals surface area contributed by atoms with E-state index in [1.807, 2.05) is 0 Å². The van der Waals surface area contributed by atoms with Gasteiger partial charge in [0.2, 0.25) is 0 Å². The molecule has 0 aliphatic heterocycles. The summed E-state index contributed by atoms with van der Waals surface area (Å²) in [5.41, 5.74) is 0. The smallest absolute Gasteiger partial charge is 1.00 e. The fourth-order valence-electron chi connectivity index (χ4n) is 0.214. The van der Waals surface area contributed by atoms with Gasteiger partial charge in [-0.2, -0.15) is 0 Å². The minimum absolute atomic E-state index is 0. The van der Waals surface area contributed by atoms with Gasteiger partial charge in [-0.05, 0) is 0 Å². The Bertz CT molecular complexity index is 122. The molecule has 118 valence electrons. The molecule has 0 amide bonds. The van der Waals surface area contributed by atoms with Crippen LogP contribution in [-0.4, -0.2) is 112 Å². The van der Waals surface area contributed by atoms with Crippen molar-refractivity contribution in [1.29, 1.82) is 0 Å². The summed E-state index contributed by atoms with van der Waals surface area (Å²) in [4.78, 5) is 19.3. The molecule has 0 spiro atoms. The van der Waals surface area contributed by atoms with Crippen molar-refractivity contribution in [3.05, 3.63) is 0 Å². The molecule has 18 N–H and O–H groups in total. The second-order valence-corrected chi connectivity index (χ2v) is 1.29. The number of carboxylic acids is 2. The van der Waals surface area contributed by atoms with Gasteiger partial charge in [-0.25, -0.2) is 0 Å². The molecule has 0 fully saturated rings. The van der Waals surface area contributed by atoms with Crippen molar-refractivity contribution in [2.24, 2.45) is 0 Å². The van der Waals surface area contributed by atoms with Crippen LogP contribution >= 0.6 is 0 Å². The molecule has 0 heterocycles. The van der Waals surface area contributed by atoms with E-state index in [0.717, 1.165) is 0 Å². The molecule has 0 aromatic carbocycles. The molecule has 0 aromatic rings. The van der Waals surface area contributed by atoms with Crippen molar-refractivity contribution in [1.82, 2.24) is 0 Å². The van der Waals surface area contributed by atoms with Gasteiger partial charge in [0.25, 0.3) is 0 Å². The number of hydrogen-bond acceptors (Lipinski definition) is 2. The molecule has 0 aliphatic rings. The van der Waals surface area contributed by atoms with Crippen LogP contribution in [0, 0.1) is 0 Å². The minimum atomic E-state index is -1.08. The maximum Gasteiger partial charge on any atom is 2.00 e. The average molecular weight is 315 g/mol. The monoisotopic (exact) mass is 314 g/mol. The largest absolute Gasteiger partial charge is 2.00 e. The molecular formula is C4H26Mg2O12. The maximum absolute atomic E-state index is 9.64. The minimum Gasteiger partial charge on any atom is -1.00 e. The quantitative estimate of drug-likeness (QED) is 0.478. The van der Waals surface area contributed by atoms with Crippen molar-refractivity contribution in [2.45, 2.75) is 12.8 Å². The summed E-state index contributed by atoms with van der Waals surface area (Å²) in [6.45, 7) is 0. The number of aliphatic carboxylic acids is 2. The topological polar surface area (TPSA) is 327 Å². The summed E-state index contributed by atoms with van der Waals surface area (Å²) < 4.78 is 0. The van der Waals surface area contributed by atoms with Crippen LogP contribution in [0.2, 0.25) is 0 Å². The first kappa shape index (κ1) is 104. The summed E-state index contributed by atoms with van der Waals surface area (Å²) in [5.74, 6) is -2.15. The van der Waals surface area contributed by atoms with Crippen LogP contribution in [0.1, 0.15) is 18.5 Å². The molecule has 0 atom stereocenters. The number of rotatable bonds is 3. The number of hydrogen-bond donors (Lipinski definition) is 2. The van der Waals surface area contributed by atoms with Crippen LogP contribution in [0.25, 0.3) is 0 Å². The molecule has 0 saturated carbocycles. The van der Waals surface area contributed by atoms with Crippen LogP contribution in [0.4, 0.5) is 0 Å². The van der Waals surface area contributed by atoms with E-state index in [-0.39, 0.29) is 108 Å². The van der Waals surface area contributed by atoms with Gasteiger partial charge in [0.15, 0.2) is 0 Å². The Balaban J connectivity index is -0.00000000269. The zero-order valence-corrected chi connectivity index (χ0v) is 12.4. The fourth-order valence-corrected chi connectivity index (χ4v) is 0.214. The second kappa shape index (κ2) is 67.3. The van der Waals surface area contributed by atoms with Crippen LogP contribution in [0.15, 0.2) is 0 Å². The number of carbonyl (C=O) groups is 2. The number of carboxylic acid groups (broad SMARTS) is 2. The molecule has 14 heteroatoms. The van der Waals surface area contributed by atoms with Gasteiger partial charge < -0.3 is 59.7 Å². The van der Waals surface area contributed by atoms with Crippen LogP contribution in [0.3, 0.4) is 0 Å². The summed E-state index contributed by atoms with van der Waals surface area (Å²) in [6, 6.07) is 0. The van der Waals surface area contributed by atoms with Gasteiger partial charge in [-0.1, -0.05) is 0 Å². The van der Waals surface area contributed by atoms with Crippen molar-refractivity contribution in [3.63, 3.8) is 0 Å². The van der Waals surface area contributed by atoms with E-state index in [1.54, 1.807) is 0 Å². The van der Waals surface area contributed by atoms with Gasteiger partial charge in [0.05, 0.1) is 12.8 Å². The SMILES string of the molecule is O.O.O.O.O.O.O.O.O=C(O)CCC(=O)O.[H-].[H-].[H-].[H-].[Mg+2].[Mg+2]. The predicted molar refractivity (Wildman–Crippen MR) is 69.4 cm³/mol. The molecule has 0 saturated heterocycles. The normalized spacial score (nSPS) is 3.78. The molecule has 18 heavy (non-hydrogen) atoms. The molecule has 0 aromatic heterocycles. The van der Waals surface area contributed by atoms with Crippen molar-refractivity contribution >= 4 is 58.0 Å². The third-order valence-corrected chi connectivity index (χ3v) is 0.553. The molecular weight excluding hydrogens is 289 g/mol. The van der Waals surface area contributed by atoms with Crippen LogP contribution in [-0.2, 0) is 9.59 Å². The Hall–Kier alpha value is 0.152. The molecule has 0 unspecified atom stereocenters. The van der Waals surface area contributed by atoms with Crippen LogP contribution in [0.5, 0.6) is 0 Å². The zero-order chi connectivity index (χ0) is 6.57. The van der Waals surface area contributed by atoms with Gasteiger partial charge >= 0.3 is 58.0 Å². The van der Waals surface area contributed by atoms with Gasteiger partial charge in [0.1, 0.15) is 0 Å². The standard InChI is InChI=1S/C4H6O4.2Mg.8H2O.4H/c5-3(6)1-2-4(7)8;;;;;;;;;;;;;;/h1-2H2,(H,5,6)(H,7,8);;;8*1H2;;;;/q;2*+2;;;;;;;;;4*-1. The van der Waals surface area contributed by atoms with E-state index in [2.05, 4.69) is 0 Å². The Labute approximate surface area is 140 Å². The van der Waals surface area contributed by atoms with Crippen molar-refractivity contribution < 1.29 is 69.3 Å². The van der Waals surface area contributed by atoms with Gasteiger partial charge in [0, 0.05) is 0 Å². The predicted octanol–water partition coefficient (Wildman–Crippen LogP) is -6.97. The van der Waals surface area contributed by atoms with E-state index in [1.165, 1.54) is 0 Å². The van der Waals surface area contributed by atoms with Gasteiger partial charge in [-0.3, -0.25) is 9.59 Å². The Kier molecular flexibility index (Phi) is 391. The Morgan fingerprint density at radius 2 is 0.722 bits per heavy atom. The maximum atomic E-state index is 9.64. The Morgan fingerprint density at radius 1 is 0.611 bits per heavy atom. The first-order valence-corrected chi connectivity index (χ1v) is 2.06. The Morgan fingerprint density at radius 3 is 0.778 bits per heavy atom. The molecule has 0 aliphatic carbocycles. The first-order chi connectivity index (χ1) is 3.63. The van der Waals surface area contributed by atoms with Crippen molar-refractivity contribution in [3.8, 4) is 0 Å². The molecule has 0 bridgehead atoms. The zero-order valence-electron chi connectivity index (χ0n) is 13.5. The third kappa shape index (κ3) is 140. The molecule has 12 nitrogen and oxygen atoms in total. The van der Waals surface area contributed by atoms with E-state index in [4.69, 9.17) is 10.2 Å². The van der Waals surface area contributed by atoms with E-state index in [9.17, 15) is 9.59 Å².